The minimum absolute atomic E-state index is 0.287. The van der Waals surface area contributed by atoms with E-state index in [1.165, 1.54) is 18.4 Å². The van der Waals surface area contributed by atoms with E-state index >= 15 is 0 Å². The van der Waals surface area contributed by atoms with Crippen LogP contribution in [-0.4, -0.2) is 37.1 Å². The number of aryl methyl sites for hydroxylation is 1. The van der Waals surface area contributed by atoms with Gasteiger partial charge in [-0.3, -0.25) is 10.1 Å². The summed E-state index contributed by atoms with van der Waals surface area (Å²) in [6, 6.07) is 4.40. The van der Waals surface area contributed by atoms with Gasteiger partial charge in [-0.25, -0.2) is 9.78 Å². The second-order valence-electron chi connectivity index (χ2n) is 5.17. The predicted molar refractivity (Wildman–Crippen MR) is 98.5 cm³/mol. The zero-order valence-corrected chi connectivity index (χ0v) is 14.9. The number of thiazole rings is 1. The summed E-state index contributed by atoms with van der Waals surface area (Å²) in [6.07, 6.45) is 2.36. The summed E-state index contributed by atoms with van der Waals surface area (Å²) < 4.78 is 5.21. The van der Waals surface area contributed by atoms with E-state index in [1.807, 2.05) is 6.92 Å². The zero-order chi connectivity index (χ0) is 18.2. The lowest BCUT2D eigenvalue weighted by Gasteiger charge is -2.12. The number of anilines is 2. The van der Waals surface area contributed by atoms with Crippen LogP contribution in [0.3, 0.4) is 0 Å². The maximum Gasteiger partial charge on any atom is 0.325 e. The summed E-state index contributed by atoms with van der Waals surface area (Å²) in [7, 11) is 1.48. The lowest BCUT2D eigenvalue weighted by atomic mass is 10.1. The SMILES string of the molecule is COc1ccc(NC(=O)Nc2ncc(C)s2)cc1C(=O)NCCCN. The topological polar surface area (TPSA) is 118 Å². The Bertz CT molecular complexity index is 747. The smallest absolute Gasteiger partial charge is 0.325 e. The third-order valence-corrected chi connectivity index (χ3v) is 4.04. The van der Waals surface area contributed by atoms with E-state index in [2.05, 4.69) is 20.9 Å². The summed E-state index contributed by atoms with van der Waals surface area (Å²) in [5.74, 6) is 0.136. The predicted octanol–water partition coefficient (Wildman–Crippen LogP) is 2.18. The quantitative estimate of drug-likeness (QED) is 0.562. The Hall–Kier alpha value is -2.65. The molecule has 0 saturated carbocycles. The molecule has 134 valence electrons. The van der Waals surface area contributed by atoms with Crippen molar-refractivity contribution in [3.05, 3.63) is 34.8 Å². The first-order chi connectivity index (χ1) is 12.0. The summed E-state index contributed by atoms with van der Waals surface area (Å²) in [4.78, 5) is 29.4. The second-order valence-corrected chi connectivity index (χ2v) is 6.40. The van der Waals surface area contributed by atoms with Gasteiger partial charge < -0.3 is 21.1 Å². The molecule has 25 heavy (non-hydrogen) atoms. The van der Waals surface area contributed by atoms with Gasteiger partial charge in [0.25, 0.3) is 5.91 Å². The van der Waals surface area contributed by atoms with Crippen molar-refractivity contribution in [3.63, 3.8) is 0 Å². The number of hydrogen-bond acceptors (Lipinski definition) is 6. The largest absolute Gasteiger partial charge is 0.496 e. The van der Waals surface area contributed by atoms with Gasteiger partial charge in [0.1, 0.15) is 5.75 Å². The second kappa shape index (κ2) is 9.00. The molecule has 2 rings (SSSR count). The highest BCUT2D eigenvalue weighted by Crippen LogP contribution is 2.23. The highest BCUT2D eigenvalue weighted by atomic mass is 32.1. The standard InChI is InChI=1S/C16H21N5O3S/c1-10-9-19-16(25-10)21-15(23)20-11-4-5-13(24-2)12(8-11)14(22)18-7-3-6-17/h4-5,8-9H,3,6-7,17H2,1-2H3,(H,18,22)(H2,19,20,21,23). The van der Waals surface area contributed by atoms with Crippen LogP contribution < -0.4 is 26.4 Å². The van der Waals surface area contributed by atoms with Crippen molar-refractivity contribution in [1.82, 2.24) is 10.3 Å². The van der Waals surface area contributed by atoms with E-state index in [4.69, 9.17) is 10.5 Å². The number of amides is 3. The van der Waals surface area contributed by atoms with E-state index < -0.39 is 6.03 Å². The van der Waals surface area contributed by atoms with Crippen molar-refractivity contribution in [2.75, 3.05) is 30.8 Å². The average Bonchev–Trinajstić information content (AvgIpc) is 2.99. The summed E-state index contributed by atoms with van der Waals surface area (Å²) in [5, 5.41) is 8.58. The molecule has 8 nitrogen and oxygen atoms in total. The number of carbonyl (C=O) groups is 2. The molecule has 0 bridgehead atoms. The minimum atomic E-state index is -0.436. The van der Waals surface area contributed by atoms with Gasteiger partial charge in [-0.1, -0.05) is 0 Å². The fourth-order valence-corrected chi connectivity index (χ4v) is 2.69. The van der Waals surface area contributed by atoms with E-state index in [0.717, 1.165) is 4.88 Å². The molecule has 3 amide bonds. The number of nitrogens with two attached hydrogens (primary N) is 1. The number of ether oxygens (including phenoxy) is 1. The molecule has 0 aliphatic carbocycles. The van der Waals surface area contributed by atoms with Crippen LogP contribution in [0.25, 0.3) is 0 Å². The molecule has 0 spiro atoms. The molecular formula is C16H21N5O3S. The molecular weight excluding hydrogens is 342 g/mol. The monoisotopic (exact) mass is 363 g/mol. The van der Waals surface area contributed by atoms with Crippen molar-refractivity contribution in [3.8, 4) is 5.75 Å². The molecule has 1 heterocycles. The van der Waals surface area contributed by atoms with Gasteiger partial charge >= 0.3 is 6.03 Å². The minimum Gasteiger partial charge on any atom is -0.496 e. The number of carbonyl (C=O) groups excluding carboxylic acids is 2. The molecule has 0 radical (unpaired) electrons. The first-order valence-electron chi connectivity index (χ1n) is 7.70. The van der Waals surface area contributed by atoms with Crippen LogP contribution in [0, 0.1) is 6.92 Å². The van der Waals surface area contributed by atoms with E-state index in [9.17, 15) is 9.59 Å². The number of rotatable bonds is 7. The van der Waals surface area contributed by atoms with Gasteiger partial charge in [-0.15, -0.1) is 11.3 Å². The molecule has 5 N–H and O–H groups in total. The first-order valence-corrected chi connectivity index (χ1v) is 8.52. The van der Waals surface area contributed by atoms with Crippen LogP contribution in [0.1, 0.15) is 21.7 Å². The summed E-state index contributed by atoms with van der Waals surface area (Å²) in [6.45, 7) is 2.87. The first kappa shape index (κ1) is 18.7. The molecule has 2 aromatic rings. The van der Waals surface area contributed by atoms with Gasteiger partial charge in [0.05, 0.1) is 12.7 Å². The average molecular weight is 363 g/mol. The number of methoxy groups -OCH3 is 1. The van der Waals surface area contributed by atoms with Crippen molar-refractivity contribution < 1.29 is 14.3 Å². The van der Waals surface area contributed by atoms with E-state index in [-0.39, 0.29) is 5.91 Å². The van der Waals surface area contributed by atoms with Gasteiger partial charge in [-0.2, -0.15) is 0 Å². The molecule has 0 aliphatic heterocycles. The number of nitrogens with one attached hydrogen (secondary N) is 3. The molecule has 0 fully saturated rings. The Morgan fingerprint density at radius 2 is 2.12 bits per heavy atom. The zero-order valence-electron chi connectivity index (χ0n) is 14.1. The fraction of sp³-hybridized carbons (Fsp3) is 0.312. The van der Waals surface area contributed by atoms with Crippen LogP contribution >= 0.6 is 11.3 Å². The lowest BCUT2D eigenvalue weighted by molar-refractivity contribution is 0.0950. The van der Waals surface area contributed by atoms with E-state index in [1.54, 1.807) is 24.4 Å². The van der Waals surface area contributed by atoms with Gasteiger partial charge in [0, 0.05) is 23.3 Å². The molecule has 0 unspecified atom stereocenters. The molecule has 0 saturated heterocycles. The van der Waals surface area contributed by atoms with Crippen molar-refractivity contribution in [1.29, 1.82) is 0 Å². The van der Waals surface area contributed by atoms with Crippen molar-refractivity contribution >= 4 is 34.1 Å². The van der Waals surface area contributed by atoms with Crippen LogP contribution in [0.2, 0.25) is 0 Å². The maximum atomic E-state index is 12.3. The van der Waals surface area contributed by atoms with Crippen LogP contribution in [-0.2, 0) is 0 Å². The third kappa shape index (κ3) is 5.44. The molecule has 1 aromatic heterocycles. The molecule has 1 aromatic carbocycles. The number of aromatic nitrogens is 1. The fourth-order valence-electron chi connectivity index (χ4n) is 2.03. The highest BCUT2D eigenvalue weighted by Gasteiger charge is 2.14. The Labute approximate surface area is 149 Å². The molecule has 0 aliphatic rings. The summed E-state index contributed by atoms with van der Waals surface area (Å²) in [5.41, 5.74) is 6.22. The molecule has 9 heteroatoms. The Balaban J connectivity index is 2.06. The van der Waals surface area contributed by atoms with Gasteiger partial charge in [0.2, 0.25) is 0 Å². The number of hydrogen-bond donors (Lipinski definition) is 4. The van der Waals surface area contributed by atoms with Crippen LogP contribution in [0.15, 0.2) is 24.4 Å². The maximum absolute atomic E-state index is 12.3. The number of nitrogens with zero attached hydrogens (tertiary/aromatic N) is 1. The number of benzene rings is 1. The normalized spacial score (nSPS) is 10.2. The van der Waals surface area contributed by atoms with Crippen LogP contribution in [0.4, 0.5) is 15.6 Å². The number of urea groups is 1. The molecule has 0 atom stereocenters. The lowest BCUT2D eigenvalue weighted by Crippen LogP contribution is -2.26. The highest BCUT2D eigenvalue weighted by molar-refractivity contribution is 7.15. The van der Waals surface area contributed by atoms with E-state index in [0.29, 0.717) is 41.6 Å². The van der Waals surface area contributed by atoms with Gasteiger partial charge in [-0.05, 0) is 38.1 Å². The summed E-state index contributed by atoms with van der Waals surface area (Å²) >= 11 is 1.37. The Morgan fingerprint density at radius 3 is 2.76 bits per heavy atom. The Kier molecular flexibility index (Phi) is 6.72. The van der Waals surface area contributed by atoms with Crippen molar-refractivity contribution in [2.45, 2.75) is 13.3 Å². The van der Waals surface area contributed by atoms with Crippen LogP contribution in [0.5, 0.6) is 5.75 Å². The Morgan fingerprint density at radius 1 is 1.32 bits per heavy atom. The third-order valence-electron chi connectivity index (χ3n) is 3.21. The van der Waals surface area contributed by atoms with Gasteiger partial charge in [0.15, 0.2) is 5.13 Å². The van der Waals surface area contributed by atoms with Crippen molar-refractivity contribution in [2.24, 2.45) is 5.73 Å².